The average molecular weight is 505 g/mol. The van der Waals surface area contributed by atoms with E-state index in [4.69, 9.17) is 19.8 Å². The van der Waals surface area contributed by atoms with E-state index < -0.39 is 11.9 Å². The normalized spacial score (nSPS) is 14.3. The van der Waals surface area contributed by atoms with Gasteiger partial charge in [-0.25, -0.2) is 14.6 Å². The molecule has 2 aromatic heterocycles. The van der Waals surface area contributed by atoms with Crippen LogP contribution in [0.15, 0.2) is 35.7 Å². The van der Waals surface area contributed by atoms with Crippen molar-refractivity contribution in [2.45, 2.75) is 6.92 Å². The van der Waals surface area contributed by atoms with E-state index in [1.54, 1.807) is 0 Å². The molecule has 0 aliphatic carbocycles. The van der Waals surface area contributed by atoms with Crippen molar-refractivity contribution in [3.05, 3.63) is 46.2 Å². The summed E-state index contributed by atoms with van der Waals surface area (Å²) in [6.45, 7) is 6.00. The van der Waals surface area contributed by atoms with Crippen molar-refractivity contribution in [2.24, 2.45) is 0 Å². The number of thiophene rings is 1. The maximum absolute atomic E-state index is 12.4. The number of carbonyl (C=O) groups excluding carboxylic acids is 2. The van der Waals surface area contributed by atoms with E-state index in [1.807, 2.05) is 36.6 Å². The van der Waals surface area contributed by atoms with Crippen LogP contribution >= 0.6 is 22.7 Å². The number of nitrogens with one attached hydrogen (secondary N) is 1. The molecule has 1 fully saturated rings. The summed E-state index contributed by atoms with van der Waals surface area (Å²) in [6, 6.07) is 9.86. The van der Waals surface area contributed by atoms with Gasteiger partial charge in [0.2, 0.25) is 5.91 Å². The lowest BCUT2D eigenvalue weighted by molar-refractivity contribution is -0.159. The molecule has 3 aromatic rings. The average Bonchev–Trinajstić information content (AvgIpc) is 3.45. The van der Waals surface area contributed by atoms with Crippen molar-refractivity contribution in [1.29, 1.82) is 0 Å². The molecule has 3 N–H and O–H groups in total. The number of ketones is 1. The van der Waals surface area contributed by atoms with Gasteiger partial charge < -0.3 is 15.5 Å². The predicted octanol–water partition coefficient (Wildman–Crippen LogP) is 2.26. The minimum absolute atomic E-state index is 0.0427. The standard InChI is InChI=1S/C20H22N4O2S2.C2H2O4/c1-14-4-5-15-18(11-14)28-20(21-15)22-19(26)13-24-8-6-23(7-9-24)12-16(25)17-3-2-10-27-17;3-1(4)2(5)6/h2-5,10-11H,6-9,12-13H2,1H3,(H,21,22,26);(H,3,4)(H,5,6). The Morgan fingerprint density at radius 2 is 1.65 bits per heavy atom. The zero-order valence-corrected chi connectivity index (χ0v) is 20.0. The van der Waals surface area contributed by atoms with Crippen molar-refractivity contribution in [1.82, 2.24) is 14.8 Å². The molecule has 1 aromatic carbocycles. The van der Waals surface area contributed by atoms with E-state index in [9.17, 15) is 9.59 Å². The quantitative estimate of drug-likeness (QED) is 0.341. The molecule has 1 amide bonds. The third-order valence-electron chi connectivity index (χ3n) is 4.97. The highest BCUT2D eigenvalue weighted by Crippen LogP contribution is 2.26. The number of hydrogen-bond acceptors (Lipinski definition) is 9. The maximum atomic E-state index is 12.4. The number of amides is 1. The first-order valence-corrected chi connectivity index (χ1v) is 12.1. The summed E-state index contributed by atoms with van der Waals surface area (Å²) in [5.74, 6) is -3.52. The molecular formula is C22H24N4O6S2. The van der Waals surface area contributed by atoms with Gasteiger partial charge in [-0.3, -0.25) is 19.4 Å². The molecule has 0 radical (unpaired) electrons. The summed E-state index contributed by atoms with van der Waals surface area (Å²) in [7, 11) is 0. The van der Waals surface area contributed by atoms with E-state index in [2.05, 4.69) is 26.2 Å². The summed E-state index contributed by atoms with van der Waals surface area (Å²) in [4.78, 5) is 52.4. The van der Waals surface area contributed by atoms with Gasteiger partial charge >= 0.3 is 11.9 Å². The van der Waals surface area contributed by atoms with Crippen molar-refractivity contribution in [3.63, 3.8) is 0 Å². The number of thiazole rings is 1. The van der Waals surface area contributed by atoms with Crippen molar-refractivity contribution >= 4 is 61.7 Å². The number of aromatic nitrogens is 1. The van der Waals surface area contributed by atoms with Gasteiger partial charge in [-0.2, -0.15) is 0 Å². The SMILES string of the molecule is Cc1ccc2nc(NC(=O)CN3CCN(CC(=O)c4cccs4)CC3)sc2c1.O=C(O)C(=O)O. The Morgan fingerprint density at radius 1 is 1.00 bits per heavy atom. The fourth-order valence-corrected chi connectivity index (χ4v) is 4.91. The second kappa shape index (κ2) is 11.8. The number of carbonyl (C=O) groups is 4. The van der Waals surface area contributed by atoms with E-state index >= 15 is 0 Å². The highest BCUT2D eigenvalue weighted by atomic mass is 32.1. The lowest BCUT2D eigenvalue weighted by Gasteiger charge is -2.33. The Balaban J connectivity index is 0.000000481. The lowest BCUT2D eigenvalue weighted by Crippen LogP contribution is -2.49. The zero-order chi connectivity index (χ0) is 24.7. The Labute approximate surface area is 203 Å². The molecule has 180 valence electrons. The van der Waals surface area contributed by atoms with Gasteiger partial charge in [-0.15, -0.1) is 11.3 Å². The number of aliphatic carboxylic acids is 2. The molecule has 0 bridgehead atoms. The number of anilines is 1. The number of hydrogen-bond donors (Lipinski definition) is 3. The molecule has 3 heterocycles. The van der Waals surface area contributed by atoms with Crippen LogP contribution in [0.3, 0.4) is 0 Å². The molecule has 1 saturated heterocycles. The van der Waals surface area contributed by atoms with E-state index in [-0.39, 0.29) is 11.7 Å². The smallest absolute Gasteiger partial charge is 0.414 e. The van der Waals surface area contributed by atoms with Crippen molar-refractivity contribution in [2.75, 3.05) is 44.6 Å². The molecular weight excluding hydrogens is 480 g/mol. The second-order valence-corrected chi connectivity index (χ2v) is 9.58. The van der Waals surface area contributed by atoms with Crippen LogP contribution in [0.4, 0.5) is 5.13 Å². The van der Waals surface area contributed by atoms with Gasteiger partial charge in [0.1, 0.15) is 0 Å². The molecule has 0 unspecified atom stereocenters. The van der Waals surface area contributed by atoms with Crippen LogP contribution < -0.4 is 5.32 Å². The first kappa shape index (κ1) is 25.4. The van der Waals surface area contributed by atoms with Crippen LogP contribution in [-0.4, -0.2) is 87.9 Å². The Bertz CT molecular complexity index is 1160. The number of carboxylic acids is 2. The van der Waals surface area contributed by atoms with Crippen molar-refractivity contribution in [3.8, 4) is 0 Å². The van der Waals surface area contributed by atoms with Crippen LogP contribution in [0.2, 0.25) is 0 Å². The van der Waals surface area contributed by atoms with Gasteiger partial charge in [0.15, 0.2) is 10.9 Å². The molecule has 12 heteroatoms. The summed E-state index contributed by atoms with van der Waals surface area (Å²) in [6.07, 6.45) is 0. The van der Waals surface area contributed by atoms with Crippen LogP contribution in [0.1, 0.15) is 15.2 Å². The number of piperazine rings is 1. The third-order valence-corrected chi connectivity index (χ3v) is 6.81. The lowest BCUT2D eigenvalue weighted by atomic mass is 10.2. The number of Topliss-reactive ketones (excluding diaryl/α,β-unsaturated/α-hetero) is 1. The Kier molecular flexibility index (Phi) is 8.82. The summed E-state index contributed by atoms with van der Waals surface area (Å²) in [5, 5.41) is 20.3. The summed E-state index contributed by atoms with van der Waals surface area (Å²) in [5.41, 5.74) is 2.10. The highest BCUT2D eigenvalue weighted by molar-refractivity contribution is 7.22. The zero-order valence-electron chi connectivity index (χ0n) is 18.4. The van der Waals surface area contributed by atoms with E-state index in [1.165, 1.54) is 28.2 Å². The minimum Gasteiger partial charge on any atom is -0.473 e. The largest absolute Gasteiger partial charge is 0.473 e. The highest BCUT2D eigenvalue weighted by Gasteiger charge is 2.21. The minimum atomic E-state index is -1.82. The van der Waals surface area contributed by atoms with Gasteiger partial charge in [0.05, 0.1) is 28.2 Å². The summed E-state index contributed by atoms with van der Waals surface area (Å²) >= 11 is 2.99. The Morgan fingerprint density at radius 3 is 2.24 bits per heavy atom. The number of carboxylic acid groups (broad SMARTS) is 2. The van der Waals surface area contributed by atoms with Crippen LogP contribution in [0, 0.1) is 6.92 Å². The second-order valence-electron chi connectivity index (χ2n) is 7.60. The first-order valence-electron chi connectivity index (χ1n) is 10.4. The van der Waals surface area contributed by atoms with Gasteiger partial charge in [-0.1, -0.05) is 23.5 Å². The van der Waals surface area contributed by atoms with E-state index in [0.29, 0.717) is 18.2 Å². The predicted molar refractivity (Wildman–Crippen MR) is 130 cm³/mol. The van der Waals surface area contributed by atoms with Gasteiger partial charge in [-0.05, 0) is 36.1 Å². The molecule has 4 rings (SSSR count). The van der Waals surface area contributed by atoms with Crippen molar-refractivity contribution < 1.29 is 29.4 Å². The molecule has 0 atom stereocenters. The number of fused-ring (bicyclic) bond motifs is 1. The van der Waals surface area contributed by atoms with Crippen LogP contribution in [-0.2, 0) is 14.4 Å². The van der Waals surface area contributed by atoms with E-state index in [0.717, 1.165) is 41.3 Å². The number of rotatable bonds is 6. The van der Waals surface area contributed by atoms with Gasteiger partial charge in [0.25, 0.3) is 0 Å². The topological polar surface area (TPSA) is 140 Å². The molecule has 0 saturated carbocycles. The first-order chi connectivity index (χ1) is 16.2. The fraction of sp³-hybridized carbons (Fsp3) is 0.318. The molecule has 10 nitrogen and oxygen atoms in total. The Hall–Kier alpha value is -3.19. The van der Waals surface area contributed by atoms with Crippen LogP contribution in [0.5, 0.6) is 0 Å². The maximum Gasteiger partial charge on any atom is 0.414 e. The van der Waals surface area contributed by atoms with Gasteiger partial charge in [0, 0.05) is 26.2 Å². The van der Waals surface area contributed by atoms with Crippen LogP contribution in [0.25, 0.3) is 10.2 Å². The number of nitrogens with zero attached hydrogens (tertiary/aromatic N) is 3. The number of benzene rings is 1. The summed E-state index contributed by atoms with van der Waals surface area (Å²) < 4.78 is 1.08. The third kappa shape index (κ3) is 7.42. The molecule has 0 spiro atoms. The molecule has 34 heavy (non-hydrogen) atoms. The fourth-order valence-electron chi connectivity index (χ4n) is 3.27. The monoisotopic (exact) mass is 504 g/mol. The number of aryl methyl sites for hydroxylation is 1. The molecule has 1 aliphatic heterocycles. The molecule has 1 aliphatic rings.